The van der Waals surface area contributed by atoms with Crippen LogP contribution >= 0.6 is 0 Å². The van der Waals surface area contributed by atoms with E-state index >= 15 is 0 Å². The Morgan fingerprint density at radius 3 is 1.93 bits per heavy atom. The van der Waals surface area contributed by atoms with Crippen LogP contribution in [0.5, 0.6) is 0 Å². The first-order valence-corrected chi connectivity index (χ1v) is 8.62. The van der Waals surface area contributed by atoms with Gasteiger partial charge in [0.25, 0.3) is 0 Å². The lowest BCUT2D eigenvalue weighted by Gasteiger charge is -2.25. The van der Waals surface area contributed by atoms with Gasteiger partial charge in [0.1, 0.15) is 11.1 Å². The van der Waals surface area contributed by atoms with E-state index in [4.69, 9.17) is 4.42 Å². The summed E-state index contributed by atoms with van der Waals surface area (Å²) in [4.78, 5) is 25.8. The first-order chi connectivity index (χ1) is 13.1. The average Bonchev–Trinajstić information content (AvgIpc) is 2.69. The SMILES string of the molecule is CC(=O)c1cc2ccc(N(c3ccccc3)c3ccccc3)cc2oc1=O. The van der Waals surface area contributed by atoms with E-state index in [1.54, 1.807) is 6.07 Å². The number of ketones is 1. The molecule has 4 rings (SSSR count). The molecule has 0 N–H and O–H groups in total. The van der Waals surface area contributed by atoms with Crippen molar-refractivity contribution >= 4 is 33.8 Å². The van der Waals surface area contributed by atoms with Gasteiger partial charge >= 0.3 is 5.63 Å². The summed E-state index contributed by atoms with van der Waals surface area (Å²) in [6.07, 6.45) is 0. The third kappa shape index (κ3) is 3.25. The maximum atomic E-state index is 12.1. The summed E-state index contributed by atoms with van der Waals surface area (Å²) in [5.74, 6) is -0.301. The van der Waals surface area contributed by atoms with Crippen LogP contribution in [-0.4, -0.2) is 5.78 Å². The molecular weight excluding hydrogens is 338 g/mol. The van der Waals surface area contributed by atoms with E-state index in [0.717, 1.165) is 17.1 Å². The predicted octanol–water partition coefficient (Wildman–Crippen LogP) is 5.47. The molecule has 0 amide bonds. The van der Waals surface area contributed by atoms with Gasteiger partial charge in [0.2, 0.25) is 0 Å². The number of benzene rings is 3. The average molecular weight is 355 g/mol. The van der Waals surface area contributed by atoms with Gasteiger partial charge in [-0.2, -0.15) is 0 Å². The molecule has 4 aromatic rings. The highest BCUT2D eigenvalue weighted by Gasteiger charge is 2.14. The summed E-state index contributed by atoms with van der Waals surface area (Å²) in [5.41, 5.74) is 2.74. The van der Waals surface area contributed by atoms with Crippen molar-refractivity contribution in [2.24, 2.45) is 0 Å². The number of Topliss-reactive ketones (excluding diaryl/α,β-unsaturated/α-hetero) is 1. The van der Waals surface area contributed by atoms with Crippen molar-refractivity contribution in [1.29, 1.82) is 0 Å². The second-order valence-electron chi connectivity index (χ2n) is 6.23. The Balaban J connectivity index is 1.90. The molecule has 0 saturated heterocycles. The van der Waals surface area contributed by atoms with Crippen LogP contribution in [0.1, 0.15) is 17.3 Å². The van der Waals surface area contributed by atoms with E-state index in [9.17, 15) is 9.59 Å². The predicted molar refractivity (Wildman–Crippen MR) is 107 cm³/mol. The molecule has 0 spiro atoms. The molecule has 1 aromatic heterocycles. The number of anilines is 3. The van der Waals surface area contributed by atoms with Crippen LogP contribution in [0, 0.1) is 0 Å². The number of nitrogens with zero attached hydrogens (tertiary/aromatic N) is 1. The third-order valence-corrected chi connectivity index (χ3v) is 4.39. The highest BCUT2D eigenvalue weighted by molar-refractivity contribution is 5.97. The van der Waals surface area contributed by atoms with E-state index in [1.807, 2.05) is 78.9 Å². The quantitative estimate of drug-likeness (QED) is 0.360. The first kappa shape index (κ1) is 16.8. The molecule has 0 aliphatic carbocycles. The molecule has 4 nitrogen and oxygen atoms in total. The highest BCUT2D eigenvalue weighted by Crippen LogP contribution is 2.35. The Morgan fingerprint density at radius 2 is 1.37 bits per heavy atom. The van der Waals surface area contributed by atoms with Gasteiger partial charge < -0.3 is 9.32 Å². The summed E-state index contributed by atoms with van der Waals surface area (Å²) >= 11 is 0. The molecule has 0 aliphatic rings. The fourth-order valence-corrected chi connectivity index (χ4v) is 3.09. The molecular formula is C23H17NO3. The molecule has 3 aromatic carbocycles. The molecule has 27 heavy (non-hydrogen) atoms. The van der Waals surface area contributed by atoms with Crippen molar-refractivity contribution in [3.63, 3.8) is 0 Å². The van der Waals surface area contributed by atoms with Crippen molar-refractivity contribution < 1.29 is 9.21 Å². The van der Waals surface area contributed by atoms with Crippen molar-refractivity contribution in [2.75, 3.05) is 4.90 Å². The van der Waals surface area contributed by atoms with E-state index < -0.39 is 5.63 Å². The van der Waals surface area contributed by atoms with Crippen LogP contribution < -0.4 is 10.5 Å². The summed E-state index contributed by atoms with van der Waals surface area (Å²) < 4.78 is 5.41. The lowest BCUT2D eigenvalue weighted by Crippen LogP contribution is -2.12. The second-order valence-corrected chi connectivity index (χ2v) is 6.23. The zero-order chi connectivity index (χ0) is 18.8. The smallest absolute Gasteiger partial charge is 0.347 e. The molecule has 132 valence electrons. The van der Waals surface area contributed by atoms with Crippen LogP contribution in [0.4, 0.5) is 17.1 Å². The number of hydrogen-bond acceptors (Lipinski definition) is 4. The number of carbonyl (C=O) groups excluding carboxylic acids is 1. The van der Waals surface area contributed by atoms with Crippen LogP contribution in [0.15, 0.2) is 94.1 Å². The Bertz CT molecular complexity index is 1130. The fraction of sp³-hybridized carbons (Fsp3) is 0.0435. The normalized spacial score (nSPS) is 10.7. The topological polar surface area (TPSA) is 50.5 Å². The van der Waals surface area contributed by atoms with Gasteiger partial charge in [-0.25, -0.2) is 4.79 Å². The van der Waals surface area contributed by atoms with Crippen LogP contribution in [0.3, 0.4) is 0 Å². The molecule has 0 radical (unpaired) electrons. The minimum atomic E-state index is -0.613. The van der Waals surface area contributed by atoms with Gasteiger partial charge in [0.05, 0.1) is 0 Å². The molecule has 0 atom stereocenters. The second kappa shape index (κ2) is 6.92. The number of hydrogen-bond donors (Lipinski definition) is 0. The Hall–Kier alpha value is -3.66. The van der Waals surface area contributed by atoms with E-state index in [-0.39, 0.29) is 11.3 Å². The zero-order valence-corrected chi connectivity index (χ0v) is 14.8. The molecule has 0 unspecified atom stereocenters. The van der Waals surface area contributed by atoms with Gasteiger partial charge in [-0.3, -0.25) is 4.79 Å². The number of para-hydroxylation sites is 2. The van der Waals surface area contributed by atoms with Gasteiger partial charge in [0, 0.05) is 28.5 Å². The van der Waals surface area contributed by atoms with Crippen LogP contribution in [0.25, 0.3) is 11.0 Å². The Labute approximate surface area is 156 Å². The van der Waals surface area contributed by atoms with Gasteiger partial charge in [0.15, 0.2) is 5.78 Å². The monoisotopic (exact) mass is 355 g/mol. The van der Waals surface area contributed by atoms with Crippen LogP contribution in [-0.2, 0) is 0 Å². The Morgan fingerprint density at radius 1 is 0.778 bits per heavy atom. The maximum Gasteiger partial charge on any atom is 0.347 e. The van der Waals surface area contributed by atoms with E-state index in [2.05, 4.69) is 4.90 Å². The van der Waals surface area contributed by atoms with Gasteiger partial charge in [-0.15, -0.1) is 0 Å². The number of carbonyl (C=O) groups is 1. The van der Waals surface area contributed by atoms with E-state index in [0.29, 0.717) is 11.0 Å². The maximum absolute atomic E-state index is 12.1. The van der Waals surface area contributed by atoms with Crippen molar-refractivity contribution in [2.45, 2.75) is 6.92 Å². The zero-order valence-electron chi connectivity index (χ0n) is 14.8. The fourth-order valence-electron chi connectivity index (χ4n) is 3.09. The number of fused-ring (bicyclic) bond motifs is 1. The summed E-state index contributed by atoms with van der Waals surface area (Å²) in [7, 11) is 0. The summed E-state index contributed by atoms with van der Waals surface area (Å²) in [6.45, 7) is 1.36. The number of rotatable bonds is 4. The van der Waals surface area contributed by atoms with E-state index in [1.165, 1.54) is 6.92 Å². The summed E-state index contributed by atoms with van der Waals surface area (Å²) in [6, 6.07) is 27.1. The van der Waals surface area contributed by atoms with Crippen molar-refractivity contribution in [3.8, 4) is 0 Å². The molecule has 1 heterocycles. The van der Waals surface area contributed by atoms with Crippen molar-refractivity contribution in [3.05, 3.63) is 101 Å². The highest BCUT2D eigenvalue weighted by atomic mass is 16.4. The summed E-state index contributed by atoms with van der Waals surface area (Å²) in [5, 5.41) is 0.713. The molecule has 0 saturated carbocycles. The van der Waals surface area contributed by atoms with Crippen LogP contribution in [0.2, 0.25) is 0 Å². The molecule has 4 heteroatoms. The van der Waals surface area contributed by atoms with Gasteiger partial charge in [-0.1, -0.05) is 36.4 Å². The lowest BCUT2D eigenvalue weighted by atomic mass is 10.1. The lowest BCUT2D eigenvalue weighted by molar-refractivity contribution is 0.101. The van der Waals surface area contributed by atoms with Gasteiger partial charge in [-0.05, 0) is 49.4 Å². The largest absolute Gasteiger partial charge is 0.422 e. The minimum absolute atomic E-state index is 0.0678. The third-order valence-electron chi connectivity index (χ3n) is 4.39. The minimum Gasteiger partial charge on any atom is -0.422 e. The van der Waals surface area contributed by atoms with Crippen molar-refractivity contribution in [1.82, 2.24) is 0 Å². The first-order valence-electron chi connectivity index (χ1n) is 8.62. The Kier molecular flexibility index (Phi) is 4.30. The molecule has 0 fully saturated rings. The molecule has 0 bridgehead atoms. The standard InChI is InChI=1S/C23H17NO3/c1-16(25)21-14-17-12-13-20(15-22(17)27-23(21)26)24(18-8-4-2-5-9-18)19-10-6-3-7-11-19/h2-15H,1H3. The molecule has 0 aliphatic heterocycles.